The maximum atomic E-state index is 12.4. The van der Waals surface area contributed by atoms with E-state index in [1.165, 1.54) is 0 Å². The number of nitrogens with zero attached hydrogens (tertiary/aromatic N) is 2. The van der Waals surface area contributed by atoms with Crippen molar-refractivity contribution in [2.24, 2.45) is 0 Å². The maximum Gasteiger partial charge on any atom is 0.256 e. The van der Waals surface area contributed by atoms with E-state index >= 15 is 0 Å². The van der Waals surface area contributed by atoms with Crippen LogP contribution in [0, 0.1) is 6.92 Å². The van der Waals surface area contributed by atoms with Gasteiger partial charge < -0.3 is 10.6 Å². The summed E-state index contributed by atoms with van der Waals surface area (Å²) in [6.07, 6.45) is 0. The second kappa shape index (κ2) is 6.05. The lowest BCUT2D eigenvalue weighted by Gasteiger charge is -2.18. The number of benzene rings is 1. The van der Waals surface area contributed by atoms with Crippen molar-refractivity contribution in [3.05, 3.63) is 57.8 Å². The topological polar surface area (TPSA) is 59.2 Å². The van der Waals surface area contributed by atoms with Crippen LogP contribution in [-0.4, -0.2) is 22.8 Å². The van der Waals surface area contributed by atoms with Crippen LogP contribution in [0.2, 0.25) is 0 Å². The number of carbonyl (C=O) groups excluding carboxylic acids is 1. The zero-order valence-electron chi connectivity index (χ0n) is 11.4. The number of aryl methyl sites for hydroxylation is 1. The molecule has 4 nitrogen and oxygen atoms in total. The summed E-state index contributed by atoms with van der Waals surface area (Å²) in [5.41, 5.74) is 8.65. The minimum Gasteiger partial charge on any atom is -0.398 e. The van der Waals surface area contributed by atoms with Crippen LogP contribution in [0.25, 0.3) is 0 Å². The number of hydrogen-bond acceptors (Lipinski definition) is 3. The molecule has 0 aliphatic carbocycles. The van der Waals surface area contributed by atoms with Gasteiger partial charge in [0.15, 0.2) is 0 Å². The van der Waals surface area contributed by atoms with Crippen LogP contribution < -0.4 is 5.73 Å². The Balaban J connectivity index is 2.16. The highest BCUT2D eigenvalue weighted by Crippen LogP contribution is 2.20. The molecular formula is C15H16BrN3O. The highest BCUT2D eigenvalue weighted by molar-refractivity contribution is 9.10. The van der Waals surface area contributed by atoms with E-state index in [1.807, 2.05) is 31.2 Å². The normalized spacial score (nSPS) is 10.3. The molecule has 5 heteroatoms. The lowest BCUT2D eigenvalue weighted by molar-refractivity contribution is 0.0784. The summed E-state index contributed by atoms with van der Waals surface area (Å²) in [6, 6.07) is 11.0. The number of halogens is 1. The molecule has 2 rings (SSSR count). The summed E-state index contributed by atoms with van der Waals surface area (Å²) >= 11 is 3.33. The van der Waals surface area contributed by atoms with Gasteiger partial charge in [-0.25, -0.2) is 0 Å². The molecule has 1 heterocycles. The fraction of sp³-hybridized carbons (Fsp3) is 0.200. The fourth-order valence-corrected chi connectivity index (χ4v) is 2.32. The molecule has 0 unspecified atom stereocenters. The average molecular weight is 334 g/mol. The van der Waals surface area contributed by atoms with E-state index in [1.54, 1.807) is 24.1 Å². The van der Waals surface area contributed by atoms with Crippen molar-refractivity contribution in [1.29, 1.82) is 0 Å². The molecule has 0 spiro atoms. The summed E-state index contributed by atoms with van der Waals surface area (Å²) in [5, 5.41) is 0. The Labute approximate surface area is 126 Å². The summed E-state index contributed by atoms with van der Waals surface area (Å²) in [7, 11) is 1.74. The minimum atomic E-state index is -0.113. The molecule has 0 radical (unpaired) electrons. The molecule has 0 saturated heterocycles. The van der Waals surface area contributed by atoms with E-state index in [4.69, 9.17) is 5.73 Å². The highest BCUT2D eigenvalue weighted by atomic mass is 79.9. The van der Waals surface area contributed by atoms with Gasteiger partial charge in [-0.05, 0) is 37.3 Å². The largest absolute Gasteiger partial charge is 0.398 e. The smallest absolute Gasteiger partial charge is 0.256 e. The fourth-order valence-electron chi connectivity index (χ4n) is 1.94. The van der Waals surface area contributed by atoms with Crippen molar-refractivity contribution in [1.82, 2.24) is 9.88 Å². The summed E-state index contributed by atoms with van der Waals surface area (Å²) in [6.45, 7) is 2.38. The molecule has 0 fully saturated rings. The van der Waals surface area contributed by atoms with E-state index in [0.29, 0.717) is 17.8 Å². The number of carbonyl (C=O) groups is 1. The summed E-state index contributed by atoms with van der Waals surface area (Å²) < 4.78 is 0.856. The van der Waals surface area contributed by atoms with Crippen LogP contribution in [-0.2, 0) is 6.54 Å². The Morgan fingerprint density at radius 3 is 2.75 bits per heavy atom. The molecule has 104 valence electrons. The number of anilines is 1. The van der Waals surface area contributed by atoms with E-state index < -0.39 is 0 Å². The summed E-state index contributed by atoms with van der Waals surface area (Å²) in [4.78, 5) is 18.4. The van der Waals surface area contributed by atoms with Crippen LogP contribution in [0.3, 0.4) is 0 Å². The first-order valence-electron chi connectivity index (χ1n) is 6.20. The van der Waals surface area contributed by atoms with Gasteiger partial charge in [0.25, 0.3) is 5.91 Å². The minimum absolute atomic E-state index is 0.113. The van der Waals surface area contributed by atoms with E-state index in [2.05, 4.69) is 20.9 Å². The number of pyridine rings is 1. The molecule has 1 amide bonds. The molecule has 0 aliphatic rings. The van der Waals surface area contributed by atoms with Crippen LogP contribution in [0.15, 0.2) is 40.9 Å². The molecule has 20 heavy (non-hydrogen) atoms. The Kier molecular flexibility index (Phi) is 4.39. The molecule has 1 aromatic carbocycles. The predicted octanol–water partition coefficient (Wildman–Crippen LogP) is 3.01. The zero-order chi connectivity index (χ0) is 14.7. The number of hydrogen-bond donors (Lipinski definition) is 1. The Morgan fingerprint density at radius 2 is 2.10 bits per heavy atom. The standard InChI is InChI=1S/C15H16BrN3O/c1-10-4-3-5-12(18-10)9-19(2)15(20)13-7-6-11(16)8-14(13)17/h3-8H,9,17H2,1-2H3. The van der Waals surface area contributed by atoms with Crippen LogP contribution in [0.5, 0.6) is 0 Å². The zero-order valence-corrected chi connectivity index (χ0v) is 13.0. The molecule has 0 atom stereocenters. The van der Waals surface area contributed by atoms with Gasteiger partial charge in [0.05, 0.1) is 17.8 Å². The third kappa shape index (κ3) is 3.36. The molecule has 2 aromatic rings. The number of aromatic nitrogens is 1. The van der Waals surface area contributed by atoms with Crippen molar-refractivity contribution in [3.63, 3.8) is 0 Å². The second-order valence-corrected chi connectivity index (χ2v) is 5.58. The van der Waals surface area contributed by atoms with Gasteiger partial charge in [0.2, 0.25) is 0 Å². The molecule has 0 bridgehead atoms. The van der Waals surface area contributed by atoms with Gasteiger partial charge in [0, 0.05) is 22.9 Å². The van der Waals surface area contributed by atoms with Gasteiger partial charge >= 0.3 is 0 Å². The molecular weight excluding hydrogens is 318 g/mol. The quantitative estimate of drug-likeness (QED) is 0.878. The van der Waals surface area contributed by atoms with E-state index in [0.717, 1.165) is 15.9 Å². The van der Waals surface area contributed by atoms with Crippen molar-refractivity contribution < 1.29 is 4.79 Å². The molecule has 0 aliphatic heterocycles. The van der Waals surface area contributed by atoms with E-state index in [-0.39, 0.29) is 5.91 Å². The van der Waals surface area contributed by atoms with Crippen LogP contribution in [0.4, 0.5) is 5.69 Å². The van der Waals surface area contributed by atoms with Gasteiger partial charge in [0.1, 0.15) is 0 Å². The van der Waals surface area contributed by atoms with Gasteiger partial charge in [-0.3, -0.25) is 9.78 Å². The maximum absolute atomic E-state index is 12.4. The first-order valence-corrected chi connectivity index (χ1v) is 6.99. The molecule has 2 N–H and O–H groups in total. The third-order valence-corrected chi connectivity index (χ3v) is 3.43. The molecule has 1 aromatic heterocycles. The monoisotopic (exact) mass is 333 g/mol. The first-order chi connectivity index (χ1) is 9.47. The van der Waals surface area contributed by atoms with Crippen molar-refractivity contribution in [2.45, 2.75) is 13.5 Å². The number of nitrogen functional groups attached to an aromatic ring is 1. The highest BCUT2D eigenvalue weighted by Gasteiger charge is 2.15. The Morgan fingerprint density at radius 1 is 1.35 bits per heavy atom. The third-order valence-electron chi connectivity index (χ3n) is 2.94. The number of rotatable bonds is 3. The summed E-state index contributed by atoms with van der Waals surface area (Å²) in [5.74, 6) is -0.113. The number of nitrogens with two attached hydrogens (primary N) is 1. The second-order valence-electron chi connectivity index (χ2n) is 4.66. The first kappa shape index (κ1) is 14.5. The number of amides is 1. The predicted molar refractivity (Wildman–Crippen MR) is 83.3 cm³/mol. The Hall–Kier alpha value is -1.88. The van der Waals surface area contributed by atoms with E-state index in [9.17, 15) is 4.79 Å². The van der Waals surface area contributed by atoms with Gasteiger partial charge in [-0.1, -0.05) is 22.0 Å². The van der Waals surface area contributed by atoms with Gasteiger partial charge in [-0.2, -0.15) is 0 Å². The lowest BCUT2D eigenvalue weighted by Crippen LogP contribution is -2.27. The SMILES string of the molecule is Cc1cccc(CN(C)C(=O)c2ccc(Br)cc2N)n1. The van der Waals surface area contributed by atoms with Crippen molar-refractivity contribution >= 4 is 27.5 Å². The average Bonchev–Trinajstić information content (AvgIpc) is 2.38. The van der Waals surface area contributed by atoms with Crippen molar-refractivity contribution in [3.8, 4) is 0 Å². The van der Waals surface area contributed by atoms with Gasteiger partial charge in [-0.15, -0.1) is 0 Å². The molecule has 0 saturated carbocycles. The lowest BCUT2D eigenvalue weighted by atomic mass is 10.1. The Bertz CT molecular complexity index is 643. The van der Waals surface area contributed by atoms with Crippen molar-refractivity contribution in [2.75, 3.05) is 12.8 Å². The van der Waals surface area contributed by atoms with Crippen LogP contribution >= 0.6 is 15.9 Å². The van der Waals surface area contributed by atoms with Crippen LogP contribution in [0.1, 0.15) is 21.7 Å².